The highest BCUT2D eigenvalue weighted by atomic mass is 35.5. The number of amides is 1. The fourth-order valence-corrected chi connectivity index (χ4v) is 2.06. The molecule has 1 aliphatic heterocycles. The normalized spacial score (nSPS) is 14.8. The van der Waals surface area contributed by atoms with Gasteiger partial charge < -0.3 is 9.64 Å². The second-order valence-corrected chi connectivity index (χ2v) is 4.68. The maximum atomic E-state index is 13.1. The zero-order valence-electron chi connectivity index (χ0n) is 10.7. The Morgan fingerprint density at radius 1 is 1.50 bits per heavy atom. The molecule has 0 radical (unpaired) electrons. The lowest BCUT2D eigenvalue weighted by molar-refractivity contribution is -0.133. The lowest BCUT2D eigenvalue weighted by Gasteiger charge is -2.28. The second-order valence-electron chi connectivity index (χ2n) is 4.28. The van der Waals surface area contributed by atoms with E-state index in [0.29, 0.717) is 32.0 Å². The van der Waals surface area contributed by atoms with Gasteiger partial charge in [0.1, 0.15) is 12.4 Å². The zero-order valence-corrected chi connectivity index (χ0v) is 11.4. The molecule has 106 valence electrons. The molecule has 1 aromatic rings. The summed E-state index contributed by atoms with van der Waals surface area (Å²) in [4.78, 5) is 14.9. The van der Waals surface area contributed by atoms with Crippen LogP contribution in [0, 0.1) is 17.3 Å². The molecule has 1 aliphatic rings. The largest absolute Gasteiger partial charge is 0.378 e. The number of nitriles is 1. The number of rotatable bonds is 3. The number of carbonyl (C=O) groups excluding carboxylic acids is 1. The number of hydrogen-bond donors (Lipinski definition) is 0. The third kappa shape index (κ3) is 3.38. The van der Waals surface area contributed by atoms with Crippen molar-refractivity contribution in [3.8, 4) is 6.19 Å². The van der Waals surface area contributed by atoms with Gasteiger partial charge in [0.2, 0.25) is 5.91 Å². The van der Waals surface area contributed by atoms with Gasteiger partial charge in [0.15, 0.2) is 6.19 Å². The van der Waals surface area contributed by atoms with Gasteiger partial charge in [-0.05, 0) is 18.2 Å². The van der Waals surface area contributed by atoms with E-state index in [2.05, 4.69) is 0 Å². The molecule has 1 saturated heterocycles. The smallest absolute Gasteiger partial charge is 0.243 e. The van der Waals surface area contributed by atoms with Crippen molar-refractivity contribution in [2.24, 2.45) is 0 Å². The summed E-state index contributed by atoms with van der Waals surface area (Å²) < 4.78 is 18.3. The molecule has 0 N–H and O–H groups in total. The van der Waals surface area contributed by atoms with Gasteiger partial charge in [-0.15, -0.1) is 0 Å². The molecule has 1 fully saturated rings. The topological polar surface area (TPSA) is 56.6 Å². The van der Waals surface area contributed by atoms with Crippen LogP contribution in [0.5, 0.6) is 0 Å². The minimum Gasteiger partial charge on any atom is -0.378 e. The van der Waals surface area contributed by atoms with Crippen LogP contribution in [0.4, 0.5) is 10.1 Å². The molecule has 0 aliphatic carbocycles. The summed E-state index contributed by atoms with van der Waals surface area (Å²) in [6.45, 7) is 1.93. The fourth-order valence-electron chi connectivity index (χ4n) is 1.89. The number of nitrogens with zero attached hydrogens (tertiary/aromatic N) is 3. The molecule has 0 unspecified atom stereocenters. The summed E-state index contributed by atoms with van der Waals surface area (Å²) in [5, 5.41) is 9.05. The van der Waals surface area contributed by atoms with Crippen molar-refractivity contribution < 1.29 is 13.9 Å². The number of hydrogen-bond acceptors (Lipinski definition) is 4. The van der Waals surface area contributed by atoms with Gasteiger partial charge in [-0.1, -0.05) is 11.6 Å². The second kappa shape index (κ2) is 6.55. The molecule has 2 rings (SSSR count). The Morgan fingerprint density at radius 2 is 2.20 bits per heavy atom. The summed E-state index contributed by atoms with van der Waals surface area (Å²) in [6.07, 6.45) is 1.91. The molecule has 0 saturated carbocycles. The summed E-state index contributed by atoms with van der Waals surface area (Å²) >= 11 is 5.68. The van der Waals surface area contributed by atoms with E-state index < -0.39 is 5.82 Å². The molecule has 1 aromatic carbocycles. The molecule has 1 heterocycles. The van der Waals surface area contributed by atoms with Crippen LogP contribution in [0.3, 0.4) is 0 Å². The van der Waals surface area contributed by atoms with Crippen LogP contribution in [0.25, 0.3) is 0 Å². The van der Waals surface area contributed by atoms with Gasteiger partial charge in [-0.25, -0.2) is 4.39 Å². The minimum absolute atomic E-state index is 0.0819. The first-order valence-corrected chi connectivity index (χ1v) is 6.47. The first-order valence-electron chi connectivity index (χ1n) is 6.09. The van der Waals surface area contributed by atoms with E-state index in [-0.39, 0.29) is 17.5 Å². The highest BCUT2D eigenvalue weighted by molar-refractivity contribution is 6.31. The molecule has 0 atom stereocenters. The maximum absolute atomic E-state index is 13.1. The highest BCUT2D eigenvalue weighted by Crippen LogP contribution is 2.22. The predicted molar refractivity (Wildman–Crippen MR) is 71.8 cm³/mol. The quantitative estimate of drug-likeness (QED) is 0.628. The maximum Gasteiger partial charge on any atom is 0.243 e. The number of ether oxygens (including phenoxy) is 1. The van der Waals surface area contributed by atoms with Crippen LogP contribution in [0.2, 0.25) is 5.02 Å². The molecule has 20 heavy (non-hydrogen) atoms. The van der Waals surface area contributed by atoms with Crippen LogP contribution in [-0.4, -0.2) is 43.7 Å². The van der Waals surface area contributed by atoms with Gasteiger partial charge in [-0.3, -0.25) is 9.69 Å². The van der Waals surface area contributed by atoms with Crippen LogP contribution >= 0.6 is 11.6 Å². The number of carbonyl (C=O) groups is 1. The van der Waals surface area contributed by atoms with Crippen molar-refractivity contribution in [1.29, 1.82) is 5.26 Å². The van der Waals surface area contributed by atoms with E-state index in [1.165, 1.54) is 23.1 Å². The monoisotopic (exact) mass is 297 g/mol. The zero-order chi connectivity index (χ0) is 14.5. The van der Waals surface area contributed by atoms with Crippen LogP contribution < -0.4 is 4.90 Å². The molecule has 0 bridgehead atoms. The van der Waals surface area contributed by atoms with Gasteiger partial charge in [0.25, 0.3) is 0 Å². The molecule has 7 heteroatoms. The van der Waals surface area contributed by atoms with E-state index in [1.807, 2.05) is 6.19 Å². The average Bonchev–Trinajstić information content (AvgIpc) is 2.48. The highest BCUT2D eigenvalue weighted by Gasteiger charge is 2.20. The van der Waals surface area contributed by atoms with Gasteiger partial charge in [-0.2, -0.15) is 5.26 Å². The first kappa shape index (κ1) is 14.6. The predicted octanol–water partition coefficient (Wildman–Crippen LogP) is 1.63. The molecular weight excluding hydrogens is 285 g/mol. The molecule has 5 nitrogen and oxygen atoms in total. The SMILES string of the molecule is N#CN(CC(=O)N1CCOCC1)c1ccc(F)c(Cl)c1. The summed E-state index contributed by atoms with van der Waals surface area (Å²) in [5.41, 5.74) is 0.389. The molecular formula is C13H13ClFN3O2. The van der Waals surface area contributed by atoms with Crippen LogP contribution in [0.1, 0.15) is 0 Å². The van der Waals surface area contributed by atoms with Crippen LogP contribution in [0.15, 0.2) is 18.2 Å². The number of benzene rings is 1. The van der Waals surface area contributed by atoms with Crippen molar-refractivity contribution in [2.45, 2.75) is 0 Å². The fraction of sp³-hybridized carbons (Fsp3) is 0.385. The Kier molecular flexibility index (Phi) is 4.77. The Hall–Kier alpha value is -1.84. The van der Waals surface area contributed by atoms with E-state index in [9.17, 15) is 9.18 Å². The van der Waals surface area contributed by atoms with E-state index in [4.69, 9.17) is 21.6 Å². The van der Waals surface area contributed by atoms with E-state index in [0.717, 1.165) is 0 Å². The van der Waals surface area contributed by atoms with Gasteiger partial charge >= 0.3 is 0 Å². The third-order valence-electron chi connectivity index (χ3n) is 2.99. The number of halogens is 2. The Balaban J connectivity index is 2.06. The van der Waals surface area contributed by atoms with Crippen molar-refractivity contribution in [1.82, 2.24) is 4.90 Å². The standard InChI is InChI=1S/C13H13ClFN3O2/c14-11-7-10(1-2-12(11)15)18(9-16)8-13(19)17-3-5-20-6-4-17/h1-2,7H,3-6,8H2. The van der Waals surface area contributed by atoms with Crippen molar-refractivity contribution in [3.05, 3.63) is 29.0 Å². The summed E-state index contributed by atoms with van der Waals surface area (Å²) in [7, 11) is 0. The molecule has 1 amide bonds. The first-order chi connectivity index (χ1) is 9.61. The third-order valence-corrected chi connectivity index (χ3v) is 3.28. The summed E-state index contributed by atoms with van der Waals surface area (Å²) in [5.74, 6) is -0.733. The Morgan fingerprint density at radius 3 is 2.80 bits per heavy atom. The molecule has 0 spiro atoms. The summed E-state index contributed by atoms with van der Waals surface area (Å²) in [6, 6.07) is 3.91. The van der Waals surface area contributed by atoms with Crippen LogP contribution in [-0.2, 0) is 9.53 Å². The number of morpholine rings is 1. The lowest BCUT2D eigenvalue weighted by atomic mass is 10.2. The van der Waals surface area contributed by atoms with E-state index in [1.54, 1.807) is 4.90 Å². The number of anilines is 1. The van der Waals surface area contributed by atoms with Crippen molar-refractivity contribution in [2.75, 3.05) is 37.7 Å². The average molecular weight is 298 g/mol. The van der Waals surface area contributed by atoms with E-state index >= 15 is 0 Å². The van der Waals surface area contributed by atoms with Gasteiger partial charge in [0.05, 0.1) is 23.9 Å². The minimum atomic E-state index is -0.562. The Bertz CT molecular complexity index is 541. The lowest BCUT2D eigenvalue weighted by Crippen LogP contribution is -2.45. The van der Waals surface area contributed by atoms with Gasteiger partial charge in [0, 0.05) is 13.1 Å². The van der Waals surface area contributed by atoms with Crippen molar-refractivity contribution in [3.63, 3.8) is 0 Å². The Labute approximate surface area is 121 Å². The van der Waals surface area contributed by atoms with Crippen molar-refractivity contribution >= 4 is 23.2 Å². The molecule has 0 aromatic heterocycles.